The lowest BCUT2D eigenvalue weighted by atomic mass is 10.0. The first kappa shape index (κ1) is 18.9. The molecule has 1 fully saturated rings. The Hall–Kier alpha value is -3.41. The lowest BCUT2D eigenvalue weighted by Gasteiger charge is -2.15. The SMILES string of the molecule is CC(=O)c1nn(-c2ccccc2-c2cc(C)cc(OCC3CC3)c2)cc(O)c1=O. The molecule has 0 atom stereocenters. The highest BCUT2D eigenvalue weighted by atomic mass is 16.5. The zero-order chi connectivity index (χ0) is 20.5. The number of benzene rings is 2. The maximum absolute atomic E-state index is 12.0. The van der Waals surface area contributed by atoms with E-state index in [1.807, 2.05) is 49.4 Å². The van der Waals surface area contributed by atoms with Crippen molar-refractivity contribution in [1.82, 2.24) is 9.78 Å². The quantitative estimate of drug-likeness (QED) is 0.646. The lowest BCUT2D eigenvalue weighted by Crippen LogP contribution is -2.20. The minimum atomic E-state index is -0.766. The van der Waals surface area contributed by atoms with Gasteiger partial charge in [-0.3, -0.25) is 9.59 Å². The molecule has 3 aromatic rings. The summed E-state index contributed by atoms with van der Waals surface area (Å²) in [6, 6.07) is 13.5. The molecule has 1 heterocycles. The van der Waals surface area contributed by atoms with Crippen molar-refractivity contribution in [3.8, 4) is 28.3 Å². The maximum Gasteiger partial charge on any atom is 0.252 e. The molecule has 0 saturated heterocycles. The highest BCUT2D eigenvalue weighted by Crippen LogP contribution is 2.33. The largest absolute Gasteiger partial charge is 0.503 e. The number of nitrogens with zero attached hydrogens (tertiary/aromatic N) is 2. The third-order valence-corrected chi connectivity index (χ3v) is 4.93. The van der Waals surface area contributed by atoms with Gasteiger partial charge in [-0.05, 0) is 55.0 Å². The number of aromatic nitrogens is 2. The van der Waals surface area contributed by atoms with Crippen LogP contribution < -0.4 is 10.2 Å². The van der Waals surface area contributed by atoms with Gasteiger partial charge in [-0.2, -0.15) is 5.10 Å². The molecule has 1 N–H and O–H groups in total. The molecule has 1 aromatic heterocycles. The molecule has 1 aliphatic carbocycles. The molecule has 4 rings (SSSR count). The summed E-state index contributed by atoms with van der Waals surface area (Å²) in [5, 5.41) is 14.2. The van der Waals surface area contributed by atoms with E-state index in [-0.39, 0.29) is 5.69 Å². The van der Waals surface area contributed by atoms with Crippen LogP contribution in [0.5, 0.6) is 11.5 Å². The number of carbonyl (C=O) groups excluding carboxylic acids is 1. The smallest absolute Gasteiger partial charge is 0.252 e. The number of para-hydroxylation sites is 1. The Bertz CT molecular complexity index is 1150. The molecule has 0 aliphatic heterocycles. The van der Waals surface area contributed by atoms with E-state index in [0.29, 0.717) is 11.6 Å². The first-order chi connectivity index (χ1) is 13.9. The Balaban J connectivity index is 1.80. The van der Waals surface area contributed by atoms with Crippen molar-refractivity contribution in [1.29, 1.82) is 0 Å². The van der Waals surface area contributed by atoms with Crippen molar-refractivity contribution in [3.63, 3.8) is 0 Å². The third-order valence-electron chi connectivity index (χ3n) is 4.93. The van der Waals surface area contributed by atoms with Crippen LogP contribution in [0.25, 0.3) is 16.8 Å². The number of ether oxygens (including phenoxy) is 1. The maximum atomic E-state index is 12.0. The number of ketones is 1. The van der Waals surface area contributed by atoms with E-state index < -0.39 is 17.0 Å². The number of Topliss-reactive ketones (excluding diaryl/α,β-unsaturated/α-hetero) is 1. The number of hydrogen-bond donors (Lipinski definition) is 1. The van der Waals surface area contributed by atoms with Crippen molar-refractivity contribution in [3.05, 3.63) is 70.1 Å². The van der Waals surface area contributed by atoms with Crippen LogP contribution in [0.4, 0.5) is 0 Å². The molecule has 1 aliphatic rings. The fraction of sp³-hybridized carbons (Fsp3) is 0.261. The summed E-state index contributed by atoms with van der Waals surface area (Å²) in [5.41, 5.74) is 2.41. The molecule has 29 heavy (non-hydrogen) atoms. The molecule has 0 spiro atoms. The van der Waals surface area contributed by atoms with E-state index in [9.17, 15) is 14.7 Å². The molecule has 0 unspecified atom stereocenters. The van der Waals surface area contributed by atoms with Crippen molar-refractivity contribution in [2.45, 2.75) is 26.7 Å². The van der Waals surface area contributed by atoms with Crippen LogP contribution in [0.1, 0.15) is 35.8 Å². The first-order valence-corrected chi connectivity index (χ1v) is 9.60. The molecule has 0 bridgehead atoms. The van der Waals surface area contributed by atoms with Crippen LogP contribution in [0, 0.1) is 12.8 Å². The van der Waals surface area contributed by atoms with Crippen LogP contribution in [-0.4, -0.2) is 27.3 Å². The first-order valence-electron chi connectivity index (χ1n) is 9.60. The Labute approximate surface area is 168 Å². The molecular formula is C23H22N2O4. The van der Waals surface area contributed by atoms with Gasteiger partial charge in [-0.1, -0.05) is 24.3 Å². The summed E-state index contributed by atoms with van der Waals surface area (Å²) in [6.45, 7) is 3.98. The third kappa shape index (κ3) is 4.06. The molecule has 0 radical (unpaired) electrons. The Kier molecular flexibility index (Phi) is 4.92. The highest BCUT2D eigenvalue weighted by Gasteiger charge is 2.22. The number of carbonyl (C=O) groups is 1. The highest BCUT2D eigenvalue weighted by molar-refractivity contribution is 5.92. The predicted molar refractivity (Wildman–Crippen MR) is 110 cm³/mol. The van der Waals surface area contributed by atoms with E-state index >= 15 is 0 Å². The second-order valence-electron chi connectivity index (χ2n) is 7.50. The topological polar surface area (TPSA) is 81.4 Å². The molecular weight excluding hydrogens is 368 g/mol. The van der Waals surface area contributed by atoms with Crippen LogP contribution in [0.2, 0.25) is 0 Å². The Morgan fingerprint density at radius 1 is 1.24 bits per heavy atom. The Morgan fingerprint density at radius 2 is 2.00 bits per heavy atom. The van der Waals surface area contributed by atoms with Crippen LogP contribution in [-0.2, 0) is 0 Å². The summed E-state index contributed by atoms with van der Waals surface area (Å²) < 4.78 is 7.33. The van der Waals surface area contributed by atoms with Crippen LogP contribution in [0.3, 0.4) is 0 Å². The van der Waals surface area contributed by atoms with Gasteiger partial charge in [0.2, 0.25) is 0 Å². The van der Waals surface area contributed by atoms with E-state index in [1.165, 1.54) is 30.6 Å². The molecule has 0 amide bonds. The van der Waals surface area contributed by atoms with Gasteiger partial charge in [0.05, 0.1) is 18.5 Å². The monoisotopic (exact) mass is 390 g/mol. The molecule has 148 valence electrons. The van der Waals surface area contributed by atoms with Gasteiger partial charge in [0.15, 0.2) is 17.2 Å². The van der Waals surface area contributed by atoms with Gasteiger partial charge in [0.25, 0.3) is 5.43 Å². The zero-order valence-electron chi connectivity index (χ0n) is 16.4. The van der Waals surface area contributed by atoms with Gasteiger partial charge >= 0.3 is 0 Å². The van der Waals surface area contributed by atoms with Gasteiger partial charge in [-0.25, -0.2) is 4.68 Å². The molecule has 6 heteroatoms. The summed E-state index contributed by atoms with van der Waals surface area (Å²) in [6.07, 6.45) is 3.68. The average Bonchev–Trinajstić information content (AvgIpc) is 3.52. The van der Waals surface area contributed by atoms with Gasteiger partial charge in [0, 0.05) is 12.5 Å². The van der Waals surface area contributed by atoms with Gasteiger partial charge < -0.3 is 9.84 Å². The number of hydrogen-bond acceptors (Lipinski definition) is 5. The number of aromatic hydroxyl groups is 1. The summed E-state index contributed by atoms with van der Waals surface area (Å²) in [5.74, 6) is 0.451. The molecule has 1 saturated carbocycles. The minimum Gasteiger partial charge on any atom is -0.503 e. The van der Waals surface area contributed by atoms with Crippen molar-refractivity contribution < 1.29 is 14.6 Å². The normalized spacial score (nSPS) is 13.3. The summed E-state index contributed by atoms with van der Waals surface area (Å²) in [4.78, 5) is 23.8. The second-order valence-corrected chi connectivity index (χ2v) is 7.50. The lowest BCUT2D eigenvalue weighted by molar-refractivity contribution is 0.100. The van der Waals surface area contributed by atoms with E-state index in [1.54, 1.807) is 0 Å². The minimum absolute atomic E-state index is 0.294. The van der Waals surface area contributed by atoms with E-state index in [2.05, 4.69) is 5.10 Å². The molecule has 6 nitrogen and oxygen atoms in total. The fourth-order valence-corrected chi connectivity index (χ4v) is 3.23. The summed E-state index contributed by atoms with van der Waals surface area (Å²) in [7, 11) is 0. The standard InChI is InChI=1S/C23H22N2O4/c1-14-9-17(11-18(10-14)29-13-16-7-8-16)19-5-3-4-6-20(19)25-12-21(27)23(28)22(24-25)15(2)26/h3-6,9-12,16,27H,7-8,13H2,1-2H3. The Morgan fingerprint density at radius 3 is 2.72 bits per heavy atom. The fourth-order valence-electron chi connectivity index (χ4n) is 3.23. The van der Waals surface area contributed by atoms with Gasteiger partial charge in [-0.15, -0.1) is 0 Å². The van der Waals surface area contributed by atoms with Gasteiger partial charge in [0.1, 0.15) is 5.75 Å². The zero-order valence-corrected chi connectivity index (χ0v) is 16.4. The number of aryl methyl sites for hydroxylation is 1. The van der Waals surface area contributed by atoms with Crippen molar-refractivity contribution in [2.24, 2.45) is 5.92 Å². The van der Waals surface area contributed by atoms with Crippen molar-refractivity contribution >= 4 is 5.78 Å². The predicted octanol–water partition coefficient (Wildman–Crippen LogP) is 3.90. The molecule has 2 aromatic carbocycles. The van der Waals surface area contributed by atoms with E-state index in [0.717, 1.165) is 29.0 Å². The number of rotatable bonds is 6. The van der Waals surface area contributed by atoms with Crippen LogP contribution in [0.15, 0.2) is 53.5 Å². The van der Waals surface area contributed by atoms with Crippen LogP contribution >= 0.6 is 0 Å². The average molecular weight is 390 g/mol. The van der Waals surface area contributed by atoms with Crippen molar-refractivity contribution in [2.75, 3.05) is 6.61 Å². The summed E-state index contributed by atoms with van der Waals surface area (Å²) >= 11 is 0. The second kappa shape index (κ2) is 7.54. The van der Waals surface area contributed by atoms with E-state index in [4.69, 9.17) is 4.74 Å².